The molecule has 0 saturated heterocycles. The summed E-state index contributed by atoms with van der Waals surface area (Å²) in [6.45, 7) is 0. The van der Waals surface area contributed by atoms with E-state index in [2.05, 4.69) is 103 Å². The van der Waals surface area contributed by atoms with E-state index in [1.807, 2.05) is 72.8 Å². The lowest BCUT2D eigenvalue weighted by Crippen LogP contribution is -2.01. The molecule has 0 bridgehead atoms. The van der Waals surface area contributed by atoms with E-state index < -0.39 is 0 Å². The van der Waals surface area contributed by atoms with Crippen molar-refractivity contribution in [2.45, 2.75) is 0 Å². The topological polar surface area (TPSA) is 51.8 Å². The molecule has 9 aromatic rings. The van der Waals surface area contributed by atoms with E-state index in [1.165, 1.54) is 11.1 Å². The average molecular weight is 628 g/mol. The van der Waals surface area contributed by atoms with Gasteiger partial charge in [0, 0.05) is 27.5 Å². The molecule has 0 unspecified atom stereocenters. The third-order valence-electron chi connectivity index (χ3n) is 8.98. The van der Waals surface area contributed by atoms with Crippen LogP contribution in [0.5, 0.6) is 0 Å². The van der Waals surface area contributed by atoms with Crippen LogP contribution < -0.4 is 0 Å². The Morgan fingerprint density at radius 3 is 1.51 bits per heavy atom. The Kier molecular flexibility index (Phi) is 7.10. The van der Waals surface area contributed by atoms with Crippen LogP contribution in [0.15, 0.2) is 180 Å². The average Bonchev–Trinajstić information content (AvgIpc) is 3.57. The van der Waals surface area contributed by atoms with E-state index in [-0.39, 0.29) is 0 Å². The van der Waals surface area contributed by atoms with Gasteiger partial charge in [-0.2, -0.15) is 0 Å². The van der Waals surface area contributed by atoms with Gasteiger partial charge in [-0.25, -0.2) is 15.0 Å². The maximum absolute atomic E-state index is 6.51. The van der Waals surface area contributed by atoms with E-state index in [4.69, 9.17) is 19.4 Å². The maximum Gasteiger partial charge on any atom is 0.164 e. The lowest BCUT2D eigenvalue weighted by atomic mass is 9.96. The van der Waals surface area contributed by atoms with Crippen LogP contribution in [0.4, 0.5) is 0 Å². The first-order chi connectivity index (χ1) is 24.3. The van der Waals surface area contributed by atoms with Gasteiger partial charge in [-0.05, 0) is 51.6 Å². The van der Waals surface area contributed by atoms with Crippen molar-refractivity contribution in [2.75, 3.05) is 0 Å². The second kappa shape index (κ2) is 12.2. The molecule has 4 nitrogen and oxygen atoms in total. The molecule has 2 aromatic heterocycles. The van der Waals surface area contributed by atoms with Crippen molar-refractivity contribution in [1.82, 2.24) is 15.0 Å². The summed E-state index contributed by atoms with van der Waals surface area (Å²) in [6.07, 6.45) is 0. The minimum atomic E-state index is 0.589. The predicted octanol–water partition coefficient (Wildman–Crippen LogP) is 11.8. The van der Waals surface area contributed by atoms with Gasteiger partial charge in [0.1, 0.15) is 11.2 Å². The van der Waals surface area contributed by atoms with E-state index >= 15 is 0 Å². The molecule has 2 heterocycles. The third-order valence-corrected chi connectivity index (χ3v) is 8.98. The fourth-order valence-electron chi connectivity index (χ4n) is 6.57. The molecule has 7 aromatic carbocycles. The maximum atomic E-state index is 6.51. The first kappa shape index (κ1) is 28.6. The molecule has 0 atom stereocenters. The summed E-state index contributed by atoms with van der Waals surface area (Å²) >= 11 is 0. The molecule has 4 heteroatoms. The normalized spacial score (nSPS) is 11.3. The van der Waals surface area contributed by atoms with Gasteiger partial charge in [-0.15, -0.1) is 0 Å². The minimum absolute atomic E-state index is 0.589. The standard InChI is InChI=1S/C45H29N3O/c1-4-13-30(14-5-1)31-23-25-33(26-24-31)37-21-12-22-40-42(37)39-28-27-35(29-41(39)49-40)44-46-43(34-17-8-3-9-18-34)47-45(48-44)38-20-11-10-19-36(38)32-15-6-2-7-16-32/h1-29H. The van der Waals surface area contributed by atoms with E-state index in [0.717, 1.165) is 60.9 Å². The molecule has 0 aliphatic heterocycles. The van der Waals surface area contributed by atoms with Gasteiger partial charge < -0.3 is 4.42 Å². The first-order valence-corrected chi connectivity index (χ1v) is 16.4. The van der Waals surface area contributed by atoms with Gasteiger partial charge in [0.25, 0.3) is 0 Å². The highest BCUT2D eigenvalue weighted by atomic mass is 16.3. The highest BCUT2D eigenvalue weighted by Gasteiger charge is 2.18. The quantitative estimate of drug-likeness (QED) is 0.184. The summed E-state index contributed by atoms with van der Waals surface area (Å²) in [5.74, 6) is 1.83. The number of benzene rings is 7. The minimum Gasteiger partial charge on any atom is -0.456 e. The molecule has 9 rings (SSSR count). The largest absolute Gasteiger partial charge is 0.456 e. The number of fused-ring (bicyclic) bond motifs is 3. The van der Waals surface area contributed by atoms with E-state index in [0.29, 0.717) is 17.5 Å². The molecule has 0 amide bonds. The van der Waals surface area contributed by atoms with E-state index in [1.54, 1.807) is 0 Å². The van der Waals surface area contributed by atoms with Gasteiger partial charge in [-0.3, -0.25) is 0 Å². The summed E-state index contributed by atoms with van der Waals surface area (Å²) in [6, 6.07) is 60.4. The van der Waals surface area contributed by atoms with Crippen LogP contribution in [-0.4, -0.2) is 15.0 Å². The summed E-state index contributed by atoms with van der Waals surface area (Å²) in [4.78, 5) is 15.1. The Balaban J connectivity index is 1.17. The Hall–Kier alpha value is -6.65. The van der Waals surface area contributed by atoms with Crippen molar-refractivity contribution in [3.8, 4) is 67.5 Å². The van der Waals surface area contributed by atoms with Crippen molar-refractivity contribution in [3.05, 3.63) is 176 Å². The highest BCUT2D eigenvalue weighted by molar-refractivity contribution is 6.13. The molecule has 49 heavy (non-hydrogen) atoms. The summed E-state index contributed by atoms with van der Waals surface area (Å²) in [7, 11) is 0. The zero-order chi connectivity index (χ0) is 32.6. The van der Waals surface area contributed by atoms with Crippen LogP contribution in [0, 0.1) is 0 Å². The highest BCUT2D eigenvalue weighted by Crippen LogP contribution is 2.39. The lowest BCUT2D eigenvalue weighted by Gasteiger charge is -2.12. The van der Waals surface area contributed by atoms with Gasteiger partial charge in [-0.1, -0.05) is 158 Å². The molecular weight excluding hydrogens is 599 g/mol. The molecular formula is C45H29N3O. The van der Waals surface area contributed by atoms with Crippen molar-refractivity contribution in [3.63, 3.8) is 0 Å². The molecule has 0 radical (unpaired) electrons. The smallest absolute Gasteiger partial charge is 0.164 e. The Morgan fingerprint density at radius 2 is 0.796 bits per heavy atom. The molecule has 0 aliphatic carbocycles. The number of furan rings is 1. The summed E-state index contributed by atoms with van der Waals surface area (Å²) in [5.41, 5.74) is 11.2. The second-order valence-electron chi connectivity index (χ2n) is 12.0. The summed E-state index contributed by atoms with van der Waals surface area (Å²) < 4.78 is 6.51. The van der Waals surface area contributed by atoms with Crippen LogP contribution in [0.3, 0.4) is 0 Å². The predicted molar refractivity (Wildman–Crippen MR) is 200 cm³/mol. The lowest BCUT2D eigenvalue weighted by molar-refractivity contribution is 0.669. The van der Waals surface area contributed by atoms with Crippen molar-refractivity contribution in [2.24, 2.45) is 0 Å². The van der Waals surface area contributed by atoms with Crippen molar-refractivity contribution < 1.29 is 4.42 Å². The number of rotatable bonds is 6. The summed E-state index contributed by atoms with van der Waals surface area (Å²) in [5, 5.41) is 2.14. The zero-order valence-electron chi connectivity index (χ0n) is 26.5. The Labute approximate surface area is 284 Å². The monoisotopic (exact) mass is 627 g/mol. The first-order valence-electron chi connectivity index (χ1n) is 16.4. The molecule has 230 valence electrons. The molecule has 0 aliphatic rings. The third kappa shape index (κ3) is 5.35. The van der Waals surface area contributed by atoms with Crippen LogP contribution in [0.2, 0.25) is 0 Å². The van der Waals surface area contributed by atoms with Gasteiger partial charge in [0.05, 0.1) is 0 Å². The van der Waals surface area contributed by atoms with Crippen LogP contribution in [0.25, 0.3) is 89.5 Å². The second-order valence-corrected chi connectivity index (χ2v) is 12.0. The van der Waals surface area contributed by atoms with Gasteiger partial charge in [0.2, 0.25) is 0 Å². The zero-order valence-corrected chi connectivity index (χ0v) is 26.5. The number of nitrogens with zero attached hydrogens (tertiary/aromatic N) is 3. The molecule has 0 fully saturated rings. The Morgan fingerprint density at radius 1 is 0.306 bits per heavy atom. The molecule has 0 spiro atoms. The van der Waals surface area contributed by atoms with Crippen molar-refractivity contribution in [1.29, 1.82) is 0 Å². The molecule has 0 N–H and O–H groups in total. The number of aromatic nitrogens is 3. The van der Waals surface area contributed by atoms with E-state index in [9.17, 15) is 0 Å². The van der Waals surface area contributed by atoms with Crippen molar-refractivity contribution >= 4 is 21.9 Å². The van der Waals surface area contributed by atoms with Crippen LogP contribution in [0.1, 0.15) is 0 Å². The SMILES string of the molecule is c1ccc(-c2ccc(-c3cccc4oc5cc(-c6nc(-c7ccccc7)nc(-c7ccccc7-c7ccccc7)n6)ccc5c34)cc2)cc1. The molecule has 0 saturated carbocycles. The fraction of sp³-hybridized carbons (Fsp3) is 0. The van der Waals surface area contributed by atoms with Gasteiger partial charge >= 0.3 is 0 Å². The number of hydrogen-bond acceptors (Lipinski definition) is 4. The fourth-order valence-corrected chi connectivity index (χ4v) is 6.57. The van der Waals surface area contributed by atoms with Gasteiger partial charge in [0.15, 0.2) is 17.5 Å². The van der Waals surface area contributed by atoms with Crippen LogP contribution in [-0.2, 0) is 0 Å². The Bertz CT molecular complexity index is 2580. The number of hydrogen-bond donors (Lipinski definition) is 0. The van der Waals surface area contributed by atoms with Crippen LogP contribution >= 0.6 is 0 Å².